The summed E-state index contributed by atoms with van der Waals surface area (Å²) in [5, 5.41) is 3.31. The topological polar surface area (TPSA) is 76.3 Å². The van der Waals surface area contributed by atoms with Crippen molar-refractivity contribution in [2.24, 2.45) is 0 Å². The standard InChI is InChI=1S/C13H16F3N3O3S2/c1-3-4-7-24(20,21)19(2)8-9-5-6-10(23-9)11-17-12(22-18-11)13(14,15)16/h5-6H,3-4,7-8H2,1-2H3. The van der Waals surface area contributed by atoms with E-state index in [0.29, 0.717) is 16.2 Å². The molecule has 0 aliphatic carbocycles. The lowest BCUT2D eigenvalue weighted by atomic mass is 10.4. The molecular formula is C13H16F3N3O3S2. The van der Waals surface area contributed by atoms with Gasteiger partial charge in [0, 0.05) is 18.5 Å². The van der Waals surface area contributed by atoms with Crippen molar-refractivity contribution in [2.75, 3.05) is 12.8 Å². The van der Waals surface area contributed by atoms with E-state index in [9.17, 15) is 21.6 Å². The van der Waals surface area contributed by atoms with Gasteiger partial charge in [-0.25, -0.2) is 8.42 Å². The highest BCUT2D eigenvalue weighted by Gasteiger charge is 2.38. The van der Waals surface area contributed by atoms with Crippen LogP contribution >= 0.6 is 11.3 Å². The van der Waals surface area contributed by atoms with Crippen LogP contribution in [0.5, 0.6) is 0 Å². The number of rotatable bonds is 7. The molecule has 0 saturated carbocycles. The average Bonchev–Trinajstić information content (AvgIpc) is 3.12. The molecule has 2 rings (SSSR count). The molecule has 0 fully saturated rings. The van der Waals surface area contributed by atoms with Gasteiger partial charge in [0.25, 0.3) is 0 Å². The predicted molar refractivity (Wildman–Crippen MR) is 82.8 cm³/mol. The number of sulfonamides is 1. The third-order valence-corrected chi connectivity index (χ3v) is 6.11. The second-order valence-electron chi connectivity index (χ2n) is 5.11. The van der Waals surface area contributed by atoms with E-state index in [1.807, 2.05) is 6.92 Å². The van der Waals surface area contributed by atoms with E-state index in [0.717, 1.165) is 17.8 Å². The maximum Gasteiger partial charge on any atom is 0.471 e. The van der Waals surface area contributed by atoms with Crippen molar-refractivity contribution < 1.29 is 26.1 Å². The van der Waals surface area contributed by atoms with E-state index < -0.39 is 22.1 Å². The van der Waals surface area contributed by atoms with Crippen LogP contribution < -0.4 is 0 Å². The fourth-order valence-corrected chi connectivity index (χ4v) is 4.19. The Bertz CT molecular complexity index is 784. The molecule has 0 aliphatic heterocycles. The van der Waals surface area contributed by atoms with Gasteiger partial charge in [-0.2, -0.15) is 22.5 Å². The molecule has 0 bridgehead atoms. The van der Waals surface area contributed by atoms with E-state index in [1.165, 1.54) is 17.4 Å². The zero-order valence-electron chi connectivity index (χ0n) is 13.0. The highest BCUT2D eigenvalue weighted by atomic mass is 32.2. The zero-order chi connectivity index (χ0) is 18.0. The van der Waals surface area contributed by atoms with Gasteiger partial charge in [-0.1, -0.05) is 18.5 Å². The van der Waals surface area contributed by atoms with Crippen molar-refractivity contribution in [2.45, 2.75) is 32.5 Å². The molecule has 2 heterocycles. The Labute approximate surface area is 141 Å². The Morgan fingerprint density at radius 1 is 1.33 bits per heavy atom. The fourth-order valence-electron chi connectivity index (χ4n) is 1.82. The Balaban J connectivity index is 2.09. The second-order valence-corrected chi connectivity index (χ2v) is 8.48. The van der Waals surface area contributed by atoms with Crippen molar-refractivity contribution in [1.82, 2.24) is 14.4 Å². The molecule has 0 aliphatic rings. The number of alkyl halides is 3. The summed E-state index contributed by atoms with van der Waals surface area (Å²) in [4.78, 5) is 4.36. The third kappa shape index (κ3) is 4.54. The van der Waals surface area contributed by atoms with Crippen LogP contribution in [0.15, 0.2) is 16.7 Å². The van der Waals surface area contributed by atoms with Gasteiger partial charge in [-0.15, -0.1) is 11.3 Å². The first kappa shape index (κ1) is 18.9. The van der Waals surface area contributed by atoms with Crippen LogP contribution in [0.2, 0.25) is 0 Å². The van der Waals surface area contributed by atoms with Crippen LogP contribution in [0.3, 0.4) is 0 Å². The van der Waals surface area contributed by atoms with Crippen LogP contribution in [0.25, 0.3) is 10.7 Å². The van der Waals surface area contributed by atoms with Gasteiger partial charge in [0.05, 0.1) is 10.6 Å². The lowest BCUT2D eigenvalue weighted by molar-refractivity contribution is -0.159. The smallest absolute Gasteiger partial charge is 0.329 e. The molecular weight excluding hydrogens is 367 g/mol. The highest BCUT2D eigenvalue weighted by Crippen LogP contribution is 2.32. The lowest BCUT2D eigenvalue weighted by Gasteiger charge is -2.15. The van der Waals surface area contributed by atoms with Crippen molar-refractivity contribution >= 4 is 21.4 Å². The molecule has 0 unspecified atom stereocenters. The van der Waals surface area contributed by atoms with Gasteiger partial charge in [0.1, 0.15) is 0 Å². The first-order valence-corrected chi connectivity index (χ1v) is 9.50. The number of hydrogen-bond acceptors (Lipinski definition) is 6. The number of aromatic nitrogens is 2. The predicted octanol–water partition coefficient (Wildman–Crippen LogP) is 3.38. The molecule has 2 aromatic heterocycles. The van der Waals surface area contributed by atoms with E-state index in [2.05, 4.69) is 14.7 Å². The molecule has 6 nitrogen and oxygen atoms in total. The Hall–Kier alpha value is -1.46. The van der Waals surface area contributed by atoms with Crippen LogP contribution in [0, 0.1) is 0 Å². The molecule has 0 radical (unpaired) electrons. The zero-order valence-corrected chi connectivity index (χ0v) is 14.6. The van der Waals surface area contributed by atoms with Gasteiger partial charge >= 0.3 is 12.1 Å². The molecule has 0 spiro atoms. The van der Waals surface area contributed by atoms with Gasteiger partial charge in [-0.05, 0) is 18.6 Å². The van der Waals surface area contributed by atoms with Crippen molar-refractivity contribution in [3.63, 3.8) is 0 Å². The first-order valence-electron chi connectivity index (χ1n) is 7.07. The number of nitrogens with zero attached hydrogens (tertiary/aromatic N) is 3. The van der Waals surface area contributed by atoms with Crippen LogP contribution in [0.4, 0.5) is 13.2 Å². The highest BCUT2D eigenvalue weighted by molar-refractivity contribution is 7.89. The Morgan fingerprint density at radius 2 is 2.04 bits per heavy atom. The molecule has 11 heteroatoms. The van der Waals surface area contributed by atoms with E-state index >= 15 is 0 Å². The Morgan fingerprint density at radius 3 is 2.62 bits per heavy atom. The van der Waals surface area contributed by atoms with Crippen LogP contribution in [-0.4, -0.2) is 35.7 Å². The third-order valence-electron chi connectivity index (χ3n) is 3.16. The average molecular weight is 383 g/mol. The number of halogens is 3. The number of thiophene rings is 1. The van der Waals surface area contributed by atoms with Gasteiger partial charge < -0.3 is 4.52 Å². The van der Waals surface area contributed by atoms with Crippen LogP contribution in [0.1, 0.15) is 30.5 Å². The summed E-state index contributed by atoms with van der Waals surface area (Å²) in [7, 11) is -1.88. The summed E-state index contributed by atoms with van der Waals surface area (Å²) in [6.07, 6.45) is -3.35. The van der Waals surface area contributed by atoms with E-state index in [-0.39, 0.29) is 18.1 Å². The molecule has 0 aromatic carbocycles. The molecule has 0 saturated heterocycles. The SMILES string of the molecule is CCCCS(=O)(=O)N(C)Cc1ccc(-c2noc(C(F)(F)F)n2)s1. The lowest BCUT2D eigenvalue weighted by Crippen LogP contribution is -2.28. The normalized spacial score (nSPS) is 12.9. The van der Waals surface area contributed by atoms with E-state index in [1.54, 1.807) is 6.07 Å². The maximum absolute atomic E-state index is 12.5. The molecule has 2 aromatic rings. The molecule has 0 atom stereocenters. The minimum Gasteiger partial charge on any atom is -0.329 e. The Kier molecular flexibility index (Phi) is 5.66. The minimum absolute atomic E-state index is 0.0675. The van der Waals surface area contributed by atoms with Crippen molar-refractivity contribution in [3.05, 3.63) is 22.9 Å². The summed E-state index contributed by atoms with van der Waals surface area (Å²) in [6, 6.07) is 3.17. The first-order chi connectivity index (χ1) is 11.1. The van der Waals surface area contributed by atoms with Gasteiger partial charge in [-0.3, -0.25) is 0 Å². The monoisotopic (exact) mass is 383 g/mol. The minimum atomic E-state index is -4.70. The summed E-state index contributed by atoms with van der Waals surface area (Å²) in [5.74, 6) is -1.51. The summed E-state index contributed by atoms with van der Waals surface area (Å²) >= 11 is 1.12. The summed E-state index contributed by atoms with van der Waals surface area (Å²) in [6.45, 7) is 2.04. The molecule has 24 heavy (non-hydrogen) atoms. The van der Waals surface area contributed by atoms with Gasteiger partial charge in [0.15, 0.2) is 0 Å². The fraction of sp³-hybridized carbons (Fsp3) is 0.538. The van der Waals surface area contributed by atoms with Crippen molar-refractivity contribution in [1.29, 1.82) is 0 Å². The molecule has 134 valence electrons. The summed E-state index contributed by atoms with van der Waals surface area (Å²) < 4.78 is 66.9. The quantitative estimate of drug-likeness (QED) is 0.733. The van der Waals surface area contributed by atoms with Gasteiger partial charge in [0.2, 0.25) is 15.8 Å². The number of hydrogen-bond donors (Lipinski definition) is 0. The molecule has 0 N–H and O–H groups in total. The van der Waals surface area contributed by atoms with Crippen molar-refractivity contribution in [3.8, 4) is 10.7 Å². The summed E-state index contributed by atoms with van der Waals surface area (Å²) in [5.41, 5.74) is 0. The molecule has 0 amide bonds. The van der Waals surface area contributed by atoms with E-state index in [4.69, 9.17) is 0 Å². The second kappa shape index (κ2) is 7.19. The maximum atomic E-state index is 12.5. The largest absolute Gasteiger partial charge is 0.471 e. The number of unbranched alkanes of at least 4 members (excludes halogenated alkanes) is 1. The van der Waals surface area contributed by atoms with Crippen LogP contribution in [-0.2, 0) is 22.7 Å².